The van der Waals surface area contributed by atoms with Crippen molar-refractivity contribution in [1.29, 1.82) is 0 Å². The van der Waals surface area contributed by atoms with Crippen LogP contribution in [0, 0.1) is 6.92 Å². The Labute approximate surface area is 119 Å². The van der Waals surface area contributed by atoms with Crippen molar-refractivity contribution in [1.82, 2.24) is 15.1 Å². The molecule has 1 aromatic carbocycles. The maximum atomic E-state index is 11.4. The molecule has 0 spiro atoms. The Morgan fingerprint density at radius 3 is 2.35 bits per heavy atom. The zero-order valence-corrected chi connectivity index (χ0v) is 12.7. The third-order valence-electron chi connectivity index (χ3n) is 3.11. The number of hydrogen-bond donors (Lipinski definition) is 1. The van der Waals surface area contributed by atoms with Gasteiger partial charge in [-0.2, -0.15) is 5.10 Å². The minimum atomic E-state index is -3.12. The van der Waals surface area contributed by atoms with E-state index in [1.807, 2.05) is 32.3 Å². The molecule has 2 aromatic rings. The molecule has 0 bridgehead atoms. The fourth-order valence-electron chi connectivity index (χ4n) is 2.02. The Morgan fingerprint density at radius 1 is 1.20 bits per heavy atom. The topological polar surface area (TPSA) is 64.0 Å². The fraction of sp³-hybridized carbons (Fsp3) is 0.357. The highest BCUT2D eigenvalue weighted by molar-refractivity contribution is 7.90. The lowest BCUT2D eigenvalue weighted by Crippen LogP contribution is -2.13. The van der Waals surface area contributed by atoms with Gasteiger partial charge in [-0.25, -0.2) is 8.42 Å². The summed E-state index contributed by atoms with van der Waals surface area (Å²) in [7, 11) is -1.21. The van der Waals surface area contributed by atoms with E-state index in [-0.39, 0.29) is 0 Å². The first-order valence-corrected chi connectivity index (χ1v) is 8.24. The molecule has 108 valence electrons. The van der Waals surface area contributed by atoms with E-state index in [4.69, 9.17) is 0 Å². The molecule has 0 amide bonds. The van der Waals surface area contributed by atoms with Gasteiger partial charge in [0.1, 0.15) is 0 Å². The third kappa shape index (κ3) is 3.68. The molecule has 0 saturated carbocycles. The van der Waals surface area contributed by atoms with Gasteiger partial charge < -0.3 is 5.32 Å². The number of hydrogen-bond acceptors (Lipinski definition) is 4. The van der Waals surface area contributed by atoms with Crippen LogP contribution in [0.2, 0.25) is 0 Å². The number of rotatable bonds is 5. The highest BCUT2D eigenvalue weighted by atomic mass is 32.2. The number of benzene rings is 1. The fourth-order valence-corrected chi connectivity index (χ4v) is 2.65. The van der Waals surface area contributed by atoms with Gasteiger partial charge >= 0.3 is 0 Å². The number of aromatic nitrogens is 2. The van der Waals surface area contributed by atoms with Gasteiger partial charge in [0.25, 0.3) is 0 Å². The van der Waals surface area contributed by atoms with E-state index in [1.54, 1.807) is 16.8 Å². The molecule has 1 heterocycles. The Morgan fingerprint density at radius 2 is 1.85 bits per heavy atom. The molecule has 0 aliphatic rings. The van der Waals surface area contributed by atoms with Crippen LogP contribution >= 0.6 is 0 Å². The van der Waals surface area contributed by atoms with Crippen LogP contribution in [0.25, 0.3) is 0 Å². The minimum Gasteiger partial charge on any atom is -0.308 e. The molecule has 0 atom stereocenters. The summed E-state index contributed by atoms with van der Waals surface area (Å²) in [5.41, 5.74) is 3.24. The molecule has 0 fully saturated rings. The van der Waals surface area contributed by atoms with Crippen molar-refractivity contribution in [2.24, 2.45) is 7.05 Å². The number of nitrogens with zero attached hydrogens (tertiary/aromatic N) is 2. The minimum absolute atomic E-state index is 0.351. The summed E-state index contributed by atoms with van der Waals surface area (Å²) >= 11 is 0. The lowest BCUT2D eigenvalue weighted by atomic mass is 10.2. The van der Waals surface area contributed by atoms with Crippen molar-refractivity contribution >= 4 is 9.84 Å². The van der Waals surface area contributed by atoms with Crippen LogP contribution in [-0.2, 0) is 30.0 Å². The number of sulfone groups is 1. The van der Waals surface area contributed by atoms with E-state index in [0.29, 0.717) is 11.4 Å². The molecule has 6 heteroatoms. The Bertz CT molecular complexity index is 688. The van der Waals surface area contributed by atoms with Crippen LogP contribution < -0.4 is 5.32 Å². The SMILES string of the molecule is Cc1nn(C)cc1CNCc1ccc(S(C)(=O)=O)cc1. The zero-order valence-electron chi connectivity index (χ0n) is 11.9. The van der Waals surface area contributed by atoms with Crippen LogP contribution in [0.3, 0.4) is 0 Å². The molecule has 2 rings (SSSR count). The van der Waals surface area contributed by atoms with Crippen LogP contribution in [0.1, 0.15) is 16.8 Å². The molecule has 1 N–H and O–H groups in total. The maximum absolute atomic E-state index is 11.4. The van der Waals surface area contributed by atoms with Gasteiger partial charge in [0, 0.05) is 38.2 Å². The molecule has 0 radical (unpaired) electrons. The van der Waals surface area contributed by atoms with Crippen LogP contribution in [0.15, 0.2) is 35.4 Å². The predicted octanol–water partition coefficient (Wildman–Crippen LogP) is 1.42. The van der Waals surface area contributed by atoms with Crippen molar-refractivity contribution in [3.63, 3.8) is 0 Å². The maximum Gasteiger partial charge on any atom is 0.175 e. The molecule has 20 heavy (non-hydrogen) atoms. The van der Waals surface area contributed by atoms with Crippen molar-refractivity contribution < 1.29 is 8.42 Å². The first-order chi connectivity index (χ1) is 9.36. The molecule has 5 nitrogen and oxygen atoms in total. The normalized spacial score (nSPS) is 11.8. The van der Waals surface area contributed by atoms with Crippen LogP contribution in [0.4, 0.5) is 0 Å². The predicted molar refractivity (Wildman–Crippen MR) is 78.0 cm³/mol. The summed E-state index contributed by atoms with van der Waals surface area (Å²) in [6.45, 7) is 3.42. The molecule has 0 unspecified atom stereocenters. The first kappa shape index (κ1) is 14.7. The lowest BCUT2D eigenvalue weighted by Gasteiger charge is -2.05. The van der Waals surface area contributed by atoms with Gasteiger partial charge in [-0.05, 0) is 24.6 Å². The van der Waals surface area contributed by atoms with Gasteiger partial charge in [-0.1, -0.05) is 12.1 Å². The summed E-state index contributed by atoms with van der Waals surface area (Å²) in [6.07, 6.45) is 3.21. The average Bonchev–Trinajstić information content (AvgIpc) is 2.67. The van der Waals surface area contributed by atoms with E-state index in [2.05, 4.69) is 10.4 Å². The summed E-state index contributed by atoms with van der Waals surface area (Å²) in [6, 6.07) is 6.95. The Hall–Kier alpha value is -1.66. The number of aryl methyl sites for hydroxylation is 2. The molecule has 0 saturated heterocycles. The summed E-state index contributed by atoms with van der Waals surface area (Å²) < 4.78 is 24.5. The van der Waals surface area contributed by atoms with Crippen molar-refractivity contribution in [2.75, 3.05) is 6.26 Å². The van der Waals surface area contributed by atoms with E-state index in [0.717, 1.165) is 17.8 Å². The lowest BCUT2D eigenvalue weighted by molar-refractivity contribution is 0.602. The highest BCUT2D eigenvalue weighted by Crippen LogP contribution is 2.10. The van der Waals surface area contributed by atoms with E-state index in [1.165, 1.54) is 11.8 Å². The monoisotopic (exact) mass is 293 g/mol. The molecule has 0 aliphatic carbocycles. The van der Waals surface area contributed by atoms with Gasteiger partial charge in [0.2, 0.25) is 0 Å². The van der Waals surface area contributed by atoms with Crippen LogP contribution in [0.5, 0.6) is 0 Å². The second-order valence-electron chi connectivity index (χ2n) is 4.93. The van der Waals surface area contributed by atoms with Crippen molar-refractivity contribution in [3.8, 4) is 0 Å². The second-order valence-corrected chi connectivity index (χ2v) is 6.95. The molecular weight excluding hydrogens is 274 g/mol. The van der Waals surface area contributed by atoms with E-state index in [9.17, 15) is 8.42 Å². The summed E-state index contributed by atoms with van der Waals surface area (Å²) in [5, 5.41) is 7.61. The van der Waals surface area contributed by atoms with E-state index < -0.39 is 9.84 Å². The van der Waals surface area contributed by atoms with Gasteiger partial charge in [0.15, 0.2) is 9.84 Å². The highest BCUT2D eigenvalue weighted by Gasteiger charge is 2.06. The van der Waals surface area contributed by atoms with Gasteiger partial charge in [-0.3, -0.25) is 4.68 Å². The zero-order chi connectivity index (χ0) is 14.8. The first-order valence-electron chi connectivity index (χ1n) is 6.35. The molecule has 0 aliphatic heterocycles. The largest absolute Gasteiger partial charge is 0.308 e. The van der Waals surface area contributed by atoms with Crippen molar-refractivity contribution in [3.05, 3.63) is 47.3 Å². The Kier molecular flexibility index (Phi) is 4.25. The average molecular weight is 293 g/mol. The molecular formula is C14H19N3O2S. The summed E-state index contributed by atoms with van der Waals surface area (Å²) in [5.74, 6) is 0. The van der Waals surface area contributed by atoms with Crippen LogP contribution in [-0.4, -0.2) is 24.5 Å². The quantitative estimate of drug-likeness (QED) is 0.905. The number of nitrogens with one attached hydrogen (secondary N) is 1. The van der Waals surface area contributed by atoms with Gasteiger partial charge in [0.05, 0.1) is 10.6 Å². The molecule has 1 aromatic heterocycles. The standard InChI is InChI=1S/C14H19N3O2S/c1-11-13(10-17(2)16-11)9-15-8-12-4-6-14(7-5-12)20(3,18)19/h4-7,10,15H,8-9H2,1-3H3. The smallest absolute Gasteiger partial charge is 0.175 e. The Balaban J connectivity index is 1.93. The summed E-state index contributed by atoms with van der Waals surface area (Å²) in [4.78, 5) is 0.351. The van der Waals surface area contributed by atoms with Gasteiger partial charge in [-0.15, -0.1) is 0 Å². The third-order valence-corrected chi connectivity index (χ3v) is 4.24. The van der Waals surface area contributed by atoms with E-state index >= 15 is 0 Å². The second kappa shape index (κ2) is 5.76. The van der Waals surface area contributed by atoms with Crippen molar-refractivity contribution in [2.45, 2.75) is 24.9 Å².